The fourth-order valence-electron chi connectivity index (χ4n) is 2.08. The fraction of sp³-hybridized carbons (Fsp3) is 0.250. The lowest BCUT2D eigenvalue weighted by Crippen LogP contribution is -2.06. The molecule has 3 nitrogen and oxygen atoms in total. The van der Waals surface area contributed by atoms with Crippen molar-refractivity contribution in [1.29, 1.82) is 0 Å². The first-order valence-corrected chi connectivity index (χ1v) is 6.17. The van der Waals surface area contributed by atoms with E-state index in [0.717, 1.165) is 22.6 Å². The number of rotatable bonds is 5. The molecule has 0 amide bonds. The summed E-state index contributed by atoms with van der Waals surface area (Å²) >= 11 is 0. The Hall–Kier alpha value is -2.00. The molecule has 19 heavy (non-hydrogen) atoms. The minimum absolute atomic E-state index is 0.0307. The van der Waals surface area contributed by atoms with E-state index in [1.165, 1.54) is 0 Å². The van der Waals surface area contributed by atoms with Crippen molar-refractivity contribution < 1.29 is 14.6 Å². The Morgan fingerprint density at radius 1 is 0.789 bits per heavy atom. The van der Waals surface area contributed by atoms with Crippen molar-refractivity contribution in [1.82, 2.24) is 0 Å². The second-order valence-corrected chi connectivity index (χ2v) is 4.28. The first kappa shape index (κ1) is 13.4. The monoisotopic (exact) mass is 258 g/mol. The van der Waals surface area contributed by atoms with Crippen molar-refractivity contribution >= 4 is 0 Å². The van der Waals surface area contributed by atoms with Gasteiger partial charge in [-0.25, -0.2) is 0 Å². The third-order valence-electron chi connectivity index (χ3n) is 3.22. The summed E-state index contributed by atoms with van der Waals surface area (Å²) in [6.07, 6.45) is 0. The van der Waals surface area contributed by atoms with Gasteiger partial charge in [-0.15, -0.1) is 0 Å². The first-order valence-electron chi connectivity index (χ1n) is 6.17. The van der Waals surface area contributed by atoms with Gasteiger partial charge in [0.05, 0.1) is 20.8 Å². The number of hydrogen-bond acceptors (Lipinski definition) is 3. The standard InChI is InChI=1S/C16H18O3/c1-18-14-7-3-12(4-8-14)16(11-17)13-5-9-15(19-2)10-6-13/h3-10,16-17H,11H2,1-2H3. The van der Waals surface area contributed by atoms with Gasteiger partial charge in [0.2, 0.25) is 0 Å². The minimum atomic E-state index is -0.0307. The van der Waals surface area contributed by atoms with Gasteiger partial charge in [0, 0.05) is 5.92 Å². The van der Waals surface area contributed by atoms with E-state index in [1.54, 1.807) is 14.2 Å². The van der Waals surface area contributed by atoms with Crippen LogP contribution in [0.15, 0.2) is 48.5 Å². The SMILES string of the molecule is COc1ccc(C(CO)c2ccc(OC)cc2)cc1. The maximum absolute atomic E-state index is 9.62. The van der Waals surface area contributed by atoms with Crippen molar-refractivity contribution in [3.05, 3.63) is 59.7 Å². The van der Waals surface area contributed by atoms with E-state index in [0.29, 0.717) is 0 Å². The molecule has 0 saturated carbocycles. The zero-order chi connectivity index (χ0) is 13.7. The summed E-state index contributed by atoms with van der Waals surface area (Å²) in [6.45, 7) is 0.0681. The van der Waals surface area contributed by atoms with Gasteiger partial charge in [-0.2, -0.15) is 0 Å². The Kier molecular flexibility index (Phi) is 4.42. The van der Waals surface area contributed by atoms with Crippen molar-refractivity contribution in [3.63, 3.8) is 0 Å². The van der Waals surface area contributed by atoms with Gasteiger partial charge in [-0.3, -0.25) is 0 Å². The lowest BCUT2D eigenvalue weighted by Gasteiger charge is -2.16. The molecule has 0 aliphatic heterocycles. The highest BCUT2D eigenvalue weighted by atomic mass is 16.5. The van der Waals surface area contributed by atoms with Crippen molar-refractivity contribution in [2.45, 2.75) is 5.92 Å². The molecular formula is C16H18O3. The van der Waals surface area contributed by atoms with Crippen LogP contribution in [0.3, 0.4) is 0 Å². The van der Waals surface area contributed by atoms with Crippen LogP contribution in [-0.4, -0.2) is 25.9 Å². The normalized spacial score (nSPS) is 10.5. The minimum Gasteiger partial charge on any atom is -0.497 e. The van der Waals surface area contributed by atoms with E-state index in [9.17, 15) is 5.11 Å². The topological polar surface area (TPSA) is 38.7 Å². The van der Waals surface area contributed by atoms with Crippen molar-refractivity contribution in [2.24, 2.45) is 0 Å². The van der Waals surface area contributed by atoms with Gasteiger partial charge in [-0.05, 0) is 35.4 Å². The van der Waals surface area contributed by atoms with Crippen LogP contribution in [0.25, 0.3) is 0 Å². The third-order valence-corrected chi connectivity index (χ3v) is 3.22. The molecule has 0 radical (unpaired) electrons. The quantitative estimate of drug-likeness (QED) is 0.896. The predicted octanol–water partition coefficient (Wildman–Crippen LogP) is 2.83. The molecule has 1 N–H and O–H groups in total. The van der Waals surface area contributed by atoms with Crippen LogP contribution in [0.2, 0.25) is 0 Å². The summed E-state index contributed by atoms with van der Waals surface area (Å²) in [5, 5.41) is 9.62. The van der Waals surface area contributed by atoms with Crippen molar-refractivity contribution in [3.8, 4) is 11.5 Å². The van der Waals surface area contributed by atoms with Crippen molar-refractivity contribution in [2.75, 3.05) is 20.8 Å². The highest BCUT2D eigenvalue weighted by Crippen LogP contribution is 2.27. The average Bonchev–Trinajstić information content (AvgIpc) is 2.49. The Morgan fingerprint density at radius 3 is 1.42 bits per heavy atom. The molecule has 0 fully saturated rings. The van der Waals surface area contributed by atoms with Crippen LogP contribution in [-0.2, 0) is 0 Å². The summed E-state index contributed by atoms with van der Waals surface area (Å²) < 4.78 is 10.3. The number of methoxy groups -OCH3 is 2. The van der Waals surface area contributed by atoms with Gasteiger partial charge < -0.3 is 14.6 Å². The third kappa shape index (κ3) is 3.06. The summed E-state index contributed by atoms with van der Waals surface area (Å²) in [5.74, 6) is 1.60. The molecule has 3 heteroatoms. The molecule has 0 saturated heterocycles. The van der Waals surface area contributed by atoms with Crippen LogP contribution in [0.1, 0.15) is 17.0 Å². The smallest absolute Gasteiger partial charge is 0.118 e. The Labute approximate surface area is 113 Å². The summed E-state index contributed by atoms with van der Waals surface area (Å²) in [6, 6.07) is 15.5. The van der Waals surface area contributed by atoms with Crippen LogP contribution in [0, 0.1) is 0 Å². The molecular weight excluding hydrogens is 240 g/mol. The van der Waals surface area contributed by atoms with E-state index < -0.39 is 0 Å². The summed E-state index contributed by atoms with van der Waals surface area (Å²) in [7, 11) is 3.28. The van der Waals surface area contributed by atoms with E-state index in [-0.39, 0.29) is 12.5 Å². The van der Waals surface area contributed by atoms with Gasteiger partial charge >= 0.3 is 0 Å². The summed E-state index contributed by atoms with van der Waals surface area (Å²) in [4.78, 5) is 0. The van der Waals surface area contributed by atoms with E-state index in [1.807, 2.05) is 48.5 Å². The second-order valence-electron chi connectivity index (χ2n) is 4.28. The molecule has 2 aromatic carbocycles. The zero-order valence-electron chi connectivity index (χ0n) is 11.2. The average molecular weight is 258 g/mol. The zero-order valence-corrected chi connectivity index (χ0v) is 11.2. The van der Waals surface area contributed by atoms with E-state index in [2.05, 4.69) is 0 Å². The van der Waals surface area contributed by atoms with Gasteiger partial charge in [0.25, 0.3) is 0 Å². The maximum Gasteiger partial charge on any atom is 0.118 e. The first-order chi connectivity index (χ1) is 9.28. The number of aliphatic hydroxyl groups excluding tert-OH is 1. The largest absolute Gasteiger partial charge is 0.497 e. The molecule has 0 bridgehead atoms. The molecule has 0 aliphatic rings. The number of ether oxygens (including phenoxy) is 2. The summed E-state index contributed by atoms with van der Waals surface area (Å²) in [5.41, 5.74) is 2.13. The van der Waals surface area contributed by atoms with E-state index >= 15 is 0 Å². The highest BCUT2D eigenvalue weighted by Gasteiger charge is 2.13. The molecule has 0 unspecified atom stereocenters. The second kappa shape index (κ2) is 6.25. The lowest BCUT2D eigenvalue weighted by atomic mass is 9.92. The Balaban J connectivity index is 2.26. The molecule has 0 spiro atoms. The van der Waals surface area contributed by atoms with Gasteiger partial charge in [0.15, 0.2) is 0 Å². The number of benzene rings is 2. The van der Waals surface area contributed by atoms with E-state index in [4.69, 9.17) is 9.47 Å². The predicted molar refractivity (Wildman–Crippen MR) is 74.9 cm³/mol. The Morgan fingerprint density at radius 2 is 1.16 bits per heavy atom. The highest BCUT2D eigenvalue weighted by molar-refractivity contribution is 5.38. The lowest BCUT2D eigenvalue weighted by molar-refractivity contribution is 0.280. The van der Waals surface area contributed by atoms with Gasteiger partial charge in [-0.1, -0.05) is 24.3 Å². The van der Waals surface area contributed by atoms with Gasteiger partial charge in [0.1, 0.15) is 11.5 Å². The van der Waals surface area contributed by atoms with Crippen LogP contribution >= 0.6 is 0 Å². The molecule has 0 heterocycles. The fourth-order valence-corrected chi connectivity index (χ4v) is 2.08. The number of aliphatic hydroxyl groups is 1. The molecule has 2 aromatic rings. The molecule has 0 aliphatic carbocycles. The molecule has 2 rings (SSSR count). The van der Waals surface area contributed by atoms with Crippen LogP contribution < -0.4 is 9.47 Å². The van der Waals surface area contributed by atoms with Crippen LogP contribution in [0.4, 0.5) is 0 Å². The molecule has 100 valence electrons. The Bertz CT molecular complexity index is 455. The maximum atomic E-state index is 9.62. The number of hydrogen-bond donors (Lipinski definition) is 1. The molecule has 0 aromatic heterocycles. The van der Waals surface area contributed by atoms with Crippen LogP contribution in [0.5, 0.6) is 11.5 Å². The molecule has 0 atom stereocenters.